The van der Waals surface area contributed by atoms with Crippen LogP contribution in [-0.4, -0.2) is 66.6 Å². The highest BCUT2D eigenvalue weighted by molar-refractivity contribution is 7.99. The number of carbonyl (C=O) groups excluding carboxylic acids is 1. The number of rotatable bonds is 6. The Labute approximate surface area is 183 Å². The second kappa shape index (κ2) is 10.4. The molecule has 4 rings (SSSR count). The summed E-state index contributed by atoms with van der Waals surface area (Å²) in [5.74, 6) is 2.39. The Morgan fingerprint density at radius 3 is 2.40 bits per heavy atom. The van der Waals surface area contributed by atoms with Crippen molar-refractivity contribution < 1.29 is 9.53 Å². The molecular formula is C24H31N3O2S. The minimum Gasteiger partial charge on any atom is -0.379 e. The molecule has 2 aliphatic rings. The summed E-state index contributed by atoms with van der Waals surface area (Å²) < 4.78 is 5.42. The molecule has 6 heteroatoms. The van der Waals surface area contributed by atoms with Gasteiger partial charge in [0.15, 0.2) is 0 Å². The Kier molecular flexibility index (Phi) is 7.44. The molecule has 2 aromatic carbocycles. The van der Waals surface area contributed by atoms with E-state index in [0.717, 1.165) is 69.3 Å². The molecule has 0 aliphatic carbocycles. The number of ether oxygens (including phenoxy) is 1. The molecule has 2 fully saturated rings. The average molecular weight is 426 g/mol. The highest BCUT2D eigenvalue weighted by Crippen LogP contribution is 2.20. The monoisotopic (exact) mass is 425 g/mol. The number of benzene rings is 2. The molecule has 5 nitrogen and oxygen atoms in total. The Balaban J connectivity index is 1.37. The van der Waals surface area contributed by atoms with Gasteiger partial charge in [-0.1, -0.05) is 24.3 Å². The van der Waals surface area contributed by atoms with Crippen molar-refractivity contribution >= 4 is 23.4 Å². The number of nitrogens with one attached hydrogen (secondary N) is 1. The zero-order chi connectivity index (χ0) is 20.8. The number of morpholine rings is 1. The van der Waals surface area contributed by atoms with Crippen LogP contribution in [0.1, 0.15) is 27.0 Å². The maximum Gasteiger partial charge on any atom is 0.255 e. The van der Waals surface area contributed by atoms with Crippen molar-refractivity contribution in [1.82, 2.24) is 9.80 Å². The molecule has 2 aromatic rings. The van der Waals surface area contributed by atoms with Crippen molar-refractivity contribution in [3.05, 3.63) is 64.7 Å². The molecule has 0 unspecified atom stereocenters. The lowest BCUT2D eigenvalue weighted by atomic mass is 10.1. The first-order valence-corrected chi connectivity index (χ1v) is 11.9. The average Bonchev–Trinajstić information content (AvgIpc) is 2.77. The van der Waals surface area contributed by atoms with E-state index < -0.39 is 0 Å². The summed E-state index contributed by atoms with van der Waals surface area (Å²) >= 11 is 2.03. The molecule has 0 radical (unpaired) electrons. The van der Waals surface area contributed by atoms with Crippen LogP contribution >= 0.6 is 11.8 Å². The van der Waals surface area contributed by atoms with Crippen molar-refractivity contribution in [3.8, 4) is 0 Å². The molecular weight excluding hydrogens is 394 g/mol. The predicted octanol–water partition coefficient (Wildman–Crippen LogP) is 3.63. The van der Waals surface area contributed by atoms with Gasteiger partial charge in [0.1, 0.15) is 0 Å². The number of hydrogen-bond donors (Lipinski definition) is 1. The summed E-state index contributed by atoms with van der Waals surface area (Å²) in [6, 6.07) is 14.3. The Hall–Kier alpha value is -1.86. The van der Waals surface area contributed by atoms with Gasteiger partial charge in [0.2, 0.25) is 0 Å². The number of anilines is 1. The van der Waals surface area contributed by atoms with E-state index in [1.165, 1.54) is 17.1 Å². The molecule has 0 spiro atoms. The summed E-state index contributed by atoms with van der Waals surface area (Å²) in [6.45, 7) is 9.67. The Bertz CT molecular complexity index is 861. The lowest BCUT2D eigenvalue weighted by molar-refractivity contribution is 0.0342. The zero-order valence-corrected chi connectivity index (χ0v) is 18.5. The molecule has 1 N–H and O–H groups in total. The molecule has 2 heterocycles. The van der Waals surface area contributed by atoms with E-state index in [1.54, 1.807) is 0 Å². The van der Waals surface area contributed by atoms with Gasteiger partial charge < -0.3 is 10.1 Å². The maximum atomic E-state index is 12.9. The number of carbonyl (C=O) groups is 1. The first-order chi connectivity index (χ1) is 14.7. The highest BCUT2D eigenvalue weighted by Gasteiger charge is 2.14. The summed E-state index contributed by atoms with van der Waals surface area (Å²) in [5.41, 5.74) is 5.17. The van der Waals surface area contributed by atoms with E-state index >= 15 is 0 Å². The zero-order valence-electron chi connectivity index (χ0n) is 17.7. The molecule has 30 heavy (non-hydrogen) atoms. The molecule has 1 amide bonds. The van der Waals surface area contributed by atoms with Crippen LogP contribution in [0.5, 0.6) is 0 Å². The van der Waals surface area contributed by atoms with Crippen LogP contribution in [0.4, 0.5) is 5.69 Å². The maximum absolute atomic E-state index is 12.9. The fourth-order valence-electron chi connectivity index (χ4n) is 4.00. The lowest BCUT2D eigenvalue weighted by Crippen LogP contribution is -2.35. The summed E-state index contributed by atoms with van der Waals surface area (Å²) in [4.78, 5) is 17.7. The van der Waals surface area contributed by atoms with Crippen molar-refractivity contribution in [2.24, 2.45) is 0 Å². The third-order valence-corrected chi connectivity index (χ3v) is 6.69. The van der Waals surface area contributed by atoms with Crippen molar-refractivity contribution in [2.45, 2.75) is 20.0 Å². The smallest absolute Gasteiger partial charge is 0.255 e. The summed E-state index contributed by atoms with van der Waals surface area (Å²) in [6.07, 6.45) is 0. The van der Waals surface area contributed by atoms with Crippen LogP contribution in [0.15, 0.2) is 42.5 Å². The Morgan fingerprint density at radius 1 is 0.967 bits per heavy atom. The number of thioether (sulfide) groups is 1. The van der Waals surface area contributed by atoms with Crippen LogP contribution in [0.25, 0.3) is 0 Å². The minimum absolute atomic E-state index is 0.0530. The lowest BCUT2D eigenvalue weighted by Gasteiger charge is -2.26. The highest BCUT2D eigenvalue weighted by atomic mass is 32.2. The van der Waals surface area contributed by atoms with Gasteiger partial charge in [0, 0.05) is 62.0 Å². The first-order valence-electron chi connectivity index (χ1n) is 10.8. The topological polar surface area (TPSA) is 44.8 Å². The third-order valence-electron chi connectivity index (χ3n) is 5.75. The standard InChI is InChI=1S/C24H31N3O2S/c1-19-15-21(18-27-9-13-30-14-10-27)5-6-23(19)25-24(28)22-4-2-3-20(16-22)17-26-7-11-29-12-8-26/h2-6,15-16H,7-14,17-18H2,1H3,(H,25,28). The molecule has 0 saturated carbocycles. The van der Waals surface area contributed by atoms with Gasteiger partial charge in [-0.25, -0.2) is 0 Å². The largest absolute Gasteiger partial charge is 0.379 e. The van der Waals surface area contributed by atoms with Crippen LogP contribution in [-0.2, 0) is 17.8 Å². The van der Waals surface area contributed by atoms with E-state index in [4.69, 9.17) is 4.74 Å². The third kappa shape index (κ3) is 5.85. The summed E-state index contributed by atoms with van der Waals surface area (Å²) in [5, 5.41) is 3.10. The second-order valence-corrected chi connectivity index (χ2v) is 9.31. The van der Waals surface area contributed by atoms with Gasteiger partial charge in [-0.05, 0) is 41.8 Å². The normalized spacial score (nSPS) is 18.3. The summed E-state index contributed by atoms with van der Waals surface area (Å²) in [7, 11) is 0. The van der Waals surface area contributed by atoms with Gasteiger partial charge in [0.05, 0.1) is 13.2 Å². The van der Waals surface area contributed by atoms with Crippen LogP contribution < -0.4 is 5.32 Å². The van der Waals surface area contributed by atoms with Gasteiger partial charge >= 0.3 is 0 Å². The van der Waals surface area contributed by atoms with E-state index in [9.17, 15) is 4.79 Å². The molecule has 160 valence electrons. The Morgan fingerprint density at radius 2 is 1.67 bits per heavy atom. The van der Waals surface area contributed by atoms with Crippen LogP contribution in [0.3, 0.4) is 0 Å². The molecule has 2 saturated heterocycles. The van der Waals surface area contributed by atoms with Gasteiger partial charge in [-0.2, -0.15) is 11.8 Å². The van der Waals surface area contributed by atoms with Gasteiger partial charge in [-0.3, -0.25) is 14.6 Å². The van der Waals surface area contributed by atoms with Crippen LogP contribution in [0, 0.1) is 6.92 Å². The fourth-order valence-corrected chi connectivity index (χ4v) is 4.98. The van der Waals surface area contributed by atoms with Crippen molar-refractivity contribution in [2.75, 3.05) is 56.2 Å². The SMILES string of the molecule is Cc1cc(CN2CCSCC2)ccc1NC(=O)c1cccc(CN2CCOCC2)c1. The van der Waals surface area contributed by atoms with E-state index in [2.05, 4.69) is 40.2 Å². The van der Waals surface area contributed by atoms with E-state index in [1.807, 2.05) is 36.0 Å². The molecule has 0 aromatic heterocycles. The predicted molar refractivity (Wildman–Crippen MR) is 124 cm³/mol. The van der Waals surface area contributed by atoms with Crippen molar-refractivity contribution in [1.29, 1.82) is 0 Å². The first kappa shape index (κ1) is 21.4. The van der Waals surface area contributed by atoms with Crippen molar-refractivity contribution in [3.63, 3.8) is 0 Å². The molecule has 0 atom stereocenters. The molecule has 0 bridgehead atoms. The quantitative estimate of drug-likeness (QED) is 0.766. The number of nitrogens with zero attached hydrogens (tertiary/aromatic N) is 2. The van der Waals surface area contributed by atoms with E-state index in [-0.39, 0.29) is 5.91 Å². The van der Waals surface area contributed by atoms with Gasteiger partial charge in [0.25, 0.3) is 5.91 Å². The number of aryl methyl sites for hydroxylation is 1. The number of amides is 1. The van der Waals surface area contributed by atoms with E-state index in [0.29, 0.717) is 5.56 Å². The van der Waals surface area contributed by atoms with Gasteiger partial charge in [-0.15, -0.1) is 0 Å². The minimum atomic E-state index is -0.0530. The number of hydrogen-bond acceptors (Lipinski definition) is 5. The molecule has 2 aliphatic heterocycles. The van der Waals surface area contributed by atoms with Crippen LogP contribution in [0.2, 0.25) is 0 Å². The fraction of sp³-hybridized carbons (Fsp3) is 0.458. The second-order valence-electron chi connectivity index (χ2n) is 8.08.